The molecule has 0 fully saturated rings. The van der Waals surface area contributed by atoms with E-state index in [1.54, 1.807) is 14.2 Å². The Morgan fingerprint density at radius 1 is 1.07 bits per heavy atom. The number of methoxy groups -OCH3 is 2. The largest absolute Gasteiger partial charge is 0.493 e. The summed E-state index contributed by atoms with van der Waals surface area (Å²) in [6, 6.07) is 16.9. The number of nitrogens with zero attached hydrogens (tertiary/aromatic N) is 1. The number of carbonyl (C=O) groups is 1. The first-order chi connectivity index (χ1) is 13.1. The Morgan fingerprint density at radius 3 is 2.63 bits per heavy atom. The summed E-state index contributed by atoms with van der Waals surface area (Å²) < 4.78 is 12.6. The molecule has 3 aromatic rings. The highest BCUT2D eigenvalue weighted by atomic mass is 35.5. The number of ether oxygens (including phenoxy) is 2. The van der Waals surface area contributed by atoms with E-state index in [9.17, 15) is 4.79 Å². The van der Waals surface area contributed by atoms with Gasteiger partial charge in [-0.2, -0.15) is 0 Å². The van der Waals surface area contributed by atoms with Gasteiger partial charge in [0.1, 0.15) is 0 Å². The fourth-order valence-corrected chi connectivity index (χ4v) is 3.14. The third kappa shape index (κ3) is 4.44. The van der Waals surface area contributed by atoms with E-state index >= 15 is 0 Å². The van der Waals surface area contributed by atoms with Crippen molar-refractivity contribution in [2.24, 2.45) is 0 Å². The van der Waals surface area contributed by atoms with Crippen LogP contribution in [0.4, 0.5) is 0 Å². The molecule has 2 aromatic carbocycles. The Morgan fingerprint density at radius 2 is 1.89 bits per heavy atom. The van der Waals surface area contributed by atoms with Crippen molar-refractivity contribution in [2.45, 2.75) is 13.0 Å². The van der Waals surface area contributed by atoms with E-state index in [1.807, 2.05) is 65.4 Å². The standard InChI is InChI=1S/C21H21ClN2O3/c1-26-19-10-3-6-15(21(19)27-2)14-23-20(25)13-18-9-5-11-24(18)17-8-4-7-16(22)12-17/h3-12H,13-14H2,1-2H3,(H,23,25). The highest BCUT2D eigenvalue weighted by molar-refractivity contribution is 6.30. The van der Waals surface area contributed by atoms with Crippen LogP contribution in [-0.4, -0.2) is 24.7 Å². The first-order valence-electron chi connectivity index (χ1n) is 8.51. The van der Waals surface area contributed by atoms with Gasteiger partial charge in [-0.25, -0.2) is 0 Å². The van der Waals surface area contributed by atoms with E-state index in [0.29, 0.717) is 23.1 Å². The second kappa shape index (κ2) is 8.64. The van der Waals surface area contributed by atoms with Crippen LogP contribution < -0.4 is 14.8 Å². The number of hydrogen-bond donors (Lipinski definition) is 1. The third-order valence-electron chi connectivity index (χ3n) is 4.22. The Hall–Kier alpha value is -2.92. The molecule has 1 amide bonds. The Bertz CT molecular complexity index is 937. The summed E-state index contributed by atoms with van der Waals surface area (Å²) in [4.78, 5) is 12.5. The van der Waals surface area contributed by atoms with Gasteiger partial charge >= 0.3 is 0 Å². The maximum atomic E-state index is 12.5. The predicted octanol–water partition coefficient (Wildman–Crippen LogP) is 4.01. The van der Waals surface area contributed by atoms with Gasteiger partial charge in [-0.1, -0.05) is 29.8 Å². The van der Waals surface area contributed by atoms with Gasteiger partial charge in [0.05, 0.1) is 20.6 Å². The number of para-hydroxylation sites is 1. The van der Waals surface area contributed by atoms with E-state index in [2.05, 4.69) is 5.32 Å². The minimum absolute atomic E-state index is 0.0816. The molecule has 0 saturated carbocycles. The van der Waals surface area contributed by atoms with Crippen molar-refractivity contribution in [2.75, 3.05) is 14.2 Å². The molecule has 27 heavy (non-hydrogen) atoms. The quantitative estimate of drug-likeness (QED) is 0.669. The number of carbonyl (C=O) groups excluding carboxylic acids is 1. The Balaban J connectivity index is 1.69. The molecule has 0 radical (unpaired) electrons. The summed E-state index contributed by atoms with van der Waals surface area (Å²) >= 11 is 6.08. The molecule has 5 nitrogen and oxygen atoms in total. The Kier molecular flexibility index (Phi) is 6.04. The molecule has 6 heteroatoms. The van der Waals surface area contributed by atoms with Crippen LogP contribution in [-0.2, 0) is 17.8 Å². The highest BCUT2D eigenvalue weighted by Crippen LogP contribution is 2.30. The maximum absolute atomic E-state index is 12.5. The summed E-state index contributed by atoms with van der Waals surface area (Å²) in [5.74, 6) is 1.18. The summed E-state index contributed by atoms with van der Waals surface area (Å²) in [6.07, 6.45) is 2.17. The van der Waals surface area contributed by atoms with Gasteiger partial charge < -0.3 is 19.4 Å². The van der Waals surface area contributed by atoms with Crippen LogP contribution in [0.25, 0.3) is 5.69 Å². The Labute approximate surface area is 163 Å². The number of aromatic nitrogens is 1. The number of amides is 1. The zero-order valence-electron chi connectivity index (χ0n) is 15.2. The van der Waals surface area contributed by atoms with Gasteiger partial charge in [0.25, 0.3) is 0 Å². The van der Waals surface area contributed by atoms with Gasteiger partial charge in [-0.15, -0.1) is 0 Å². The zero-order chi connectivity index (χ0) is 19.2. The molecule has 0 aliphatic carbocycles. The number of nitrogens with one attached hydrogen (secondary N) is 1. The molecule has 1 heterocycles. The lowest BCUT2D eigenvalue weighted by molar-refractivity contribution is -0.120. The average molecular weight is 385 g/mol. The number of hydrogen-bond acceptors (Lipinski definition) is 3. The molecule has 0 spiro atoms. The monoisotopic (exact) mass is 384 g/mol. The van der Waals surface area contributed by atoms with Crippen molar-refractivity contribution < 1.29 is 14.3 Å². The number of halogens is 1. The molecule has 0 atom stereocenters. The van der Waals surface area contributed by atoms with Gasteiger partial charge in [-0.05, 0) is 36.4 Å². The molecular formula is C21H21ClN2O3. The van der Waals surface area contributed by atoms with Crippen LogP contribution >= 0.6 is 11.6 Å². The van der Waals surface area contributed by atoms with Gasteiger partial charge in [-0.3, -0.25) is 4.79 Å². The first-order valence-corrected chi connectivity index (χ1v) is 8.89. The van der Waals surface area contributed by atoms with E-state index in [-0.39, 0.29) is 12.3 Å². The predicted molar refractivity (Wildman–Crippen MR) is 106 cm³/mol. The van der Waals surface area contributed by atoms with Crippen LogP contribution in [0, 0.1) is 0 Å². The molecule has 0 unspecified atom stereocenters. The van der Waals surface area contributed by atoms with Crippen molar-refractivity contribution in [3.05, 3.63) is 77.1 Å². The van der Waals surface area contributed by atoms with Crippen molar-refractivity contribution in [3.8, 4) is 17.2 Å². The highest BCUT2D eigenvalue weighted by Gasteiger charge is 2.12. The zero-order valence-corrected chi connectivity index (χ0v) is 16.0. The first kappa shape index (κ1) is 18.9. The molecule has 3 rings (SSSR count). The van der Waals surface area contributed by atoms with Crippen LogP contribution in [0.5, 0.6) is 11.5 Å². The third-order valence-corrected chi connectivity index (χ3v) is 4.46. The topological polar surface area (TPSA) is 52.5 Å². The van der Waals surface area contributed by atoms with Gasteiger partial charge in [0, 0.05) is 34.7 Å². The van der Waals surface area contributed by atoms with Crippen LogP contribution in [0.2, 0.25) is 5.02 Å². The van der Waals surface area contributed by atoms with Crippen molar-refractivity contribution in [1.82, 2.24) is 9.88 Å². The van der Waals surface area contributed by atoms with Crippen LogP contribution in [0.15, 0.2) is 60.8 Å². The summed E-state index contributed by atoms with van der Waals surface area (Å²) in [5.41, 5.74) is 2.66. The molecule has 1 N–H and O–H groups in total. The SMILES string of the molecule is COc1cccc(CNC(=O)Cc2cccn2-c2cccc(Cl)c2)c1OC. The lowest BCUT2D eigenvalue weighted by atomic mass is 10.1. The maximum Gasteiger partial charge on any atom is 0.226 e. The minimum atomic E-state index is -0.0816. The average Bonchev–Trinajstić information content (AvgIpc) is 3.13. The molecular weight excluding hydrogens is 364 g/mol. The molecule has 0 aliphatic rings. The van der Waals surface area contributed by atoms with Gasteiger partial charge in [0.15, 0.2) is 11.5 Å². The molecule has 140 valence electrons. The second-order valence-corrected chi connectivity index (χ2v) is 6.39. The molecule has 1 aromatic heterocycles. The fourth-order valence-electron chi connectivity index (χ4n) is 2.95. The minimum Gasteiger partial charge on any atom is -0.493 e. The number of benzene rings is 2. The lowest BCUT2D eigenvalue weighted by Gasteiger charge is -2.14. The second-order valence-electron chi connectivity index (χ2n) is 5.96. The van der Waals surface area contributed by atoms with Crippen LogP contribution in [0.1, 0.15) is 11.3 Å². The molecule has 0 saturated heterocycles. The smallest absolute Gasteiger partial charge is 0.226 e. The van der Waals surface area contributed by atoms with Crippen molar-refractivity contribution >= 4 is 17.5 Å². The van der Waals surface area contributed by atoms with E-state index < -0.39 is 0 Å². The van der Waals surface area contributed by atoms with Crippen molar-refractivity contribution in [3.63, 3.8) is 0 Å². The molecule has 0 aliphatic heterocycles. The van der Waals surface area contributed by atoms with E-state index in [0.717, 1.165) is 16.9 Å². The van der Waals surface area contributed by atoms with Crippen LogP contribution in [0.3, 0.4) is 0 Å². The summed E-state index contributed by atoms with van der Waals surface area (Å²) in [5, 5.41) is 3.59. The molecule has 0 bridgehead atoms. The summed E-state index contributed by atoms with van der Waals surface area (Å²) in [7, 11) is 3.17. The number of rotatable bonds is 7. The van der Waals surface area contributed by atoms with E-state index in [4.69, 9.17) is 21.1 Å². The lowest BCUT2D eigenvalue weighted by Crippen LogP contribution is -2.25. The fraction of sp³-hybridized carbons (Fsp3) is 0.190. The summed E-state index contributed by atoms with van der Waals surface area (Å²) in [6.45, 7) is 0.358. The normalized spacial score (nSPS) is 10.5. The van der Waals surface area contributed by atoms with Crippen molar-refractivity contribution in [1.29, 1.82) is 0 Å². The van der Waals surface area contributed by atoms with Gasteiger partial charge in [0.2, 0.25) is 5.91 Å². The van der Waals surface area contributed by atoms with E-state index in [1.165, 1.54) is 0 Å².